The zero-order valence-electron chi connectivity index (χ0n) is 12.2. The van der Waals surface area contributed by atoms with E-state index in [2.05, 4.69) is 0 Å². The van der Waals surface area contributed by atoms with Crippen LogP contribution in [0.5, 0.6) is 0 Å². The average molecular weight is 286 g/mol. The summed E-state index contributed by atoms with van der Waals surface area (Å²) in [6.07, 6.45) is 0. The van der Waals surface area contributed by atoms with Crippen molar-refractivity contribution >= 4 is 22.7 Å². The van der Waals surface area contributed by atoms with Crippen LogP contribution in [0.2, 0.25) is 0 Å². The van der Waals surface area contributed by atoms with Crippen molar-refractivity contribution in [2.75, 3.05) is 13.2 Å². The SMILES string of the molecule is CC(=O)OCC(COC(C)=O)c1cccc2ccccc12. The summed E-state index contributed by atoms with van der Waals surface area (Å²) in [6.45, 7) is 3.12. The fraction of sp³-hybridized carbons (Fsp3) is 0.294. The van der Waals surface area contributed by atoms with Crippen molar-refractivity contribution in [1.82, 2.24) is 0 Å². The van der Waals surface area contributed by atoms with Crippen molar-refractivity contribution in [2.24, 2.45) is 0 Å². The van der Waals surface area contributed by atoms with Crippen LogP contribution in [0.1, 0.15) is 25.3 Å². The minimum Gasteiger partial charge on any atom is -0.465 e. The highest BCUT2D eigenvalue weighted by Crippen LogP contribution is 2.26. The van der Waals surface area contributed by atoms with Crippen LogP contribution < -0.4 is 0 Å². The molecular formula is C17H18O4. The molecule has 0 radical (unpaired) electrons. The van der Waals surface area contributed by atoms with E-state index in [0.717, 1.165) is 16.3 Å². The predicted molar refractivity (Wildman–Crippen MR) is 80.0 cm³/mol. The minimum absolute atomic E-state index is 0.177. The van der Waals surface area contributed by atoms with Crippen LogP contribution in [0.3, 0.4) is 0 Å². The maximum Gasteiger partial charge on any atom is 0.302 e. The molecule has 2 aromatic rings. The van der Waals surface area contributed by atoms with E-state index >= 15 is 0 Å². The zero-order valence-corrected chi connectivity index (χ0v) is 12.2. The van der Waals surface area contributed by atoms with Crippen molar-refractivity contribution in [1.29, 1.82) is 0 Å². The third-order valence-corrected chi connectivity index (χ3v) is 3.24. The van der Waals surface area contributed by atoms with Crippen molar-refractivity contribution in [2.45, 2.75) is 19.8 Å². The second kappa shape index (κ2) is 6.88. The Morgan fingerprint density at radius 1 is 0.905 bits per heavy atom. The van der Waals surface area contributed by atoms with Gasteiger partial charge in [-0.25, -0.2) is 0 Å². The van der Waals surface area contributed by atoms with E-state index in [1.165, 1.54) is 13.8 Å². The van der Waals surface area contributed by atoms with Crippen LogP contribution in [0, 0.1) is 0 Å². The lowest BCUT2D eigenvalue weighted by molar-refractivity contribution is -0.144. The Morgan fingerprint density at radius 2 is 1.48 bits per heavy atom. The van der Waals surface area contributed by atoms with Gasteiger partial charge in [-0.05, 0) is 16.3 Å². The van der Waals surface area contributed by atoms with Crippen LogP contribution in [0.4, 0.5) is 0 Å². The first kappa shape index (κ1) is 15.0. The number of hydrogen-bond acceptors (Lipinski definition) is 4. The molecule has 0 heterocycles. The number of carbonyl (C=O) groups excluding carboxylic acids is 2. The van der Waals surface area contributed by atoms with E-state index in [1.54, 1.807) is 0 Å². The number of hydrogen-bond donors (Lipinski definition) is 0. The van der Waals surface area contributed by atoms with Crippen LogP contribution in [0.25, 0.3) is 10.8 Å². The van der Waals surface area contributed by atoms with Crippen LogP contribution >= 0.6 is 0 Å². The van der Waals surface area contributed by atoms with Gasteiger partial charge in [0, 0.05) is 13.8 Å². The molecule has 2 aromatic carbocycles. The highest BCUT2D eigenvalue weighted by molar-refractivity contribution is 5.86. The monoisotopic (exact) mass is 286 g/mol. The normalized spacial score (nSPS) is 10.6. The molecule has 0 unspecified atom stereocenters. The largest absolute Gasteiger partial charge is 0.465 e. The van der Waals surface area contributed by atoms with Gasteiger partial charge in [-0.2, -0.15) is 0 Å². The molecule has 0 saturated carbocycles. The van der Waals surface area contributed by atoms with Gasteiger partial charge in [-0.1, -0.05) is 42.5 Å². The molecule has 0 aliphatic carbocycles. The Kier molecular flexibility index (Phi) is 4.93. The lowest BCUT2D eigenvalue weighted by atomic mass is 9.94. The Bertz CT molecular complexity index is 625. The van der Waals surface area contributed by atoms with Gasteiger partial charge in [-0.3, -0.25) is 9.59 Å². The number of carbonyl (C=O) groups is 2. The fourth-order valence-electron chi connectivity index (χ4n) is 2.27. The number of esters is 2. The highest BCUT2D eigenvalue weighted by Gasteiger charge is 2.17. The first-order valence-electron chi connectivity index (χ1n) is 6.82. The molecule has 2 rings (SSSR count). The van der Waals surface area contributed by atoms with Gasteiger partial charge in [0.15, 0.2) is 0 Å². The van der Waals surface area contributed by atoms with E-state index in [-0.39, 0.29) is 31.1 Å². The summed E-state index contributed by atoms with van der Waals surface area (Å²) in [4.78, 5) is 22.1. The minimum atomic E-state index is -0.344. The van der Waals surface area contributed by atoms with Crippen LogP contribution in [-0.4, -0.2) is 25.2 Å². The Labute approximate surface area is 123 Å². The molecule has 0 aromatic heterocycles. The summed E-state index contributed by atoms with van der Waals surface area (Å²) in [5, 5.41) is 2.18. The van der Waals surface area contributed by atoms with E-state index in [4.69, 9.17) is 9.47 Å². The first-order valence-corrected chi connectivity index (χ1v) is 6.82. The van der Waals surface area contributed by atoms with E-state index in [1.807, 2.05) is 42.5 Å². The molecular weight excluding hydrogens is 268 g/mol. The van der Waals surface area contributed by atoms with Gasteiger partial charge in [0.05, 0.1) is 5.92 Å². The molecule has 0 bridgehead atoms. The van der Waals surface area contributed by atoms with Gasteiger partial charge in [0.1, 0.15) is 13.2 Å². The van der Waals surface area contributed by atoms with Gasteiger partial charge >= 0.3 is 11.9 Å². The molecule has 0 aliphatic rings. The van der Waals surface area contributed by atoms with E-state index < -0.39 is 0 Å². The third-order valence-electron chi connectivity index (χ3n) is 3.24. The second-order valence-corrected chi connectivity index (χ2v) is 4.87. The number of fused-ring (bicyclic) bond motifs is 1. The quantitative estimate of drug-likeness (QED) is 0.793. The zero-order chi connectivity index (χ0) is 15.2. The van der Waals surface area contributed by atoms with Crippen molar-refractivity contribution in [3.8, 4) is 0 Å². The molecule has 4 nitrogen and oxygen atoms in total. The standard InChI is InChI=1S/C17H18O4/c1-12(18)20-10-15(11-21-13(2)19)17-9-5-7-14-6-3-4-8-16(14)17/h3-9,15H,10-11H2,1-2H3. The Hall–Kier alpha value is -2.36. The fourth-order valence-corrected chi connectivity index (χ4v) is 2.27. The molecule has 0 N–H and O–H groups in total. The third kappa shape index (κ3) is 4.05. The molecule has 4 heteroatoms. The van der Waals surface area contributed by atoms with Gasteiger partial charge in [0.25, 0.3) is 0 Å². The van der Waals surface area contributed by atoms with Crippen molar-refractivity contribution in [3.05, 3.63) is 48.0 Å². The lowest BCUT2D eigenvalue weighted by Gasteiger charge is -2.18. The predicted octanol–water partition coefficient (Wildman–Crippen LogP) is 3.05. The number of rotatable bonds is 5. The van der Waals surface area contributed by atoms with Crippen LogP contribution in [0.15, 0.2) is 42.5 Å². The van der Waals surface area contributed by atoms with Gasteiger partial charge < -0.3 is 9.47 Å². The Morgan fingerprint density at radius 3 is 2.10 bits per heavy atom. The van der Waals surface area contributed by atoms with Gasteiger partial charge in [0.2, 0.25) is 0 Å². The summed E-state index contributed by atoms with van der Waals surface area (Å²) in [5.41, 5.74) is 1.01. The number of benzene rings is 2. The molecule has 0 aliphatic heterocycles. The summed E-state index contributed by atoms with van der Waals surface area (Å²) in [7, 11) is 0. The van der Waals surface area contributed by atoms with Crippen LogP contribution in [-0.2, 0) is 19.1 Å². The molecule has 110 valence electrons. The second-order valence-electron chi connectivity index (χ2n) is 4.87. The molecule has 0 fully saturated rings. The molecule has 0 saturated heterocycles. The molecule has 0 amide bonds. The summed E-state index contributed by atoms with van der Waals surface area (Å²) in [6, 6.07) is 13.9. The summed E-state index contributed by atoms with van der Waals surface area (Å²) < 4.78 is 10.2. The molecule has 0 spiro atoms. The summed E-state index contributed by atoms with van der Waals surface area (Å²) in [5.74, 6) is -0.866. The molecule has 0 atom stereocenters. The topological polar surface area (TPSA) is 52.6 Å². The smallest absolute Gasteiger partial charge is 0.302 e. The van der Waals surface area contributed by atoms with E-state index in [9.17, 15) is 9.59 Å². The lowest BCUT2D eigenvalue weighted by Crippen LogP contribution is -2.18. The molecule has 21 heavy (non-hydrogen) atoms. The average Bonchev–Trinajstić information content (AvgIpc) is 2.46. The van der Waals surface area contributed by atoms with Crippen molar-refractivity contribution in [3.63, 3.8) is 0 Å². The maximum atomic E-state index is 11.1. The van der Waals surface area contributed by atoms with E-state index in [0.29, 0.717) is 0 Å². The highest BCUT2D eigenvalue weighted by atomic mass is 16.5. The number of ether oxygens (including phenoxy) is 2. The van der Waals surface area contributed by atoms with Gasteiger partial charge in [-0.15, -0.1) is 0 Å². The first-order chi connectivity index (χ1) is 10.1. The maximum absolute atomic E-state index is 11.1. The Balaban J connectivity index is 2.32. The summed E-state index contributed by atoms with van der Waals surface area (Å²) >= 11 is 0. The van der Waals surface area contributed by atoms with Crippen molar-refractivity contribution < 1.29 is 19.1 Å².